The van der Waals surface area contributed by atoms with E-state index in [9.17, 15) is 9.59 Å². The van der Waals surface area contributed by atoms with Gasteiger partial charge in [-0.15, -0.1) is 0 Å². The smallest absolute Gasteiger partial charge is 0.303 e. The summed E-state index contributed by atoms with van der Waals surface area (Å²) in [5.74, 6) is -0.526. The first kappa shape index (κ1) is 12.2. The first-order chi connectivity index (χ1) is 9.06. The van der Waals surface area contributed by atoms with Crippen molar-refractivity contribution in [2.45, 2.75) is 38.5 Å². The van der Waals surface area contributed by atoms with Crippen molar-refractivity contribution in [3.05, 3.63) is 28.8 Å². The second-order valence-electron chi connectivity index (χ2n) is 5.48. The summed E-state index contributed by atoms with van der Waals surface area (Å²) >= 11 is 0. The van der Waals surface area contributed by atoms with Gasteiger partial charge < -0.3 is 10.0 Å². The minimum atomic E-state index is -0.765. The predicted molar refractivity (Wildman–Crippen MR) is 71.5 cm³/mol. The number of anilines is 1. The number of aryl methyl sites for hydroxylation is 1. The number of benzene rings is 1. The van der Waals surface area contributed by atoms with Crippen LogP contribution in [0.25, 0.3) is 0 Å². The molecule has 2 aliphatic heterocycles. The zero-order valence-electron chi connectivity index (χ0n) is 11.0. The molecule has 0 aliphatic carbocycles. The molecule has 1 atom stereocenters. The van der Waals surface area contributed by atoms with Crippen molar-refractivity contribution < 1.29 is 14.7 Å². The Morgan fingerprint density at radius 3 is 2.68 bits per heavy atom. The summed E-state index contributed by atoms with van der Waals surface area (Å²) in [6.07, 6.45) is 2.40. The van der Waals surface area contributed by atoms with Gasteiger partial charge in [-0.3, -0.25) is 9.59 Å². The molecule has 0 aromatic heterocycles. The molecule has 1 aromatic carbocycles. The van der Waals surface area contributed by atoms with Crippen LogP contribution in [-0.2, 0) is 22.4 Å². The van der Waals surface area contributed by atoms with Crippen LogP contribution in [0.1, 0.15) is 42.4 Å². The minimum Gasteiger partial charge on any atom is -0.481 e. The van der Waals surface area contributed by atoms with Crippen molar-refractivity contribution in [1.82, 2.24) is 0 Å². The van der Waals surface area contributed by atoms with Gasteiger partial charge in [0, 0.05) is 13.0 Å². The molecule has 0 bridgehead atoms. The van der Waals surface area contributed by atoms with Gasteiger partial charge in [-0.05, 0) is 35.4 Å². The highest BCUT2D eigenvalue weighted by Crippen LogP contribution is 2.39. The lowest BCUT2D eigenvalue weighted by Gasteiger charge is -2.26. The summed E-state index contributed by atoms with van der Waals surface area (Å²) < 4.78 is 0. The largest absolute Gasteiger partial charge is 0.481 e. The fourth-order valence-electron chi connectivity index (χ4n) is 3.15. The number of hydrogen-bond acceptors (Lipinski definition) is 2. The molecule has 1 unspecified atom stereocenters. The second-order valence-corrected chi connectivity index (χ2v) is 5.48. The lowest BCUT2D eigenvalue weighted by atomic mass is 9.90. The molecule has 2 heterocycles. The molecule has 0 saturated heterocycles. The van der Waals surface area contributed by atoms with Crippen LogP contribution in [0.2, 0.25) is 0 Å². The standard InChI is InChI=1S/C15H17NO3/c1-9(6-14(18)19)12-7-10-2-3-13(17)16-5-4-11(8-12)15(10)16/h7-9H,2-6H2,1H3,(H,18,19). The molecule has 2 aliphatic rings. The summed E-state index contributed by atoms with van der Waals surface area (Å²) in [7, 11) is 0. The third-order valence-corrected chi connectivity index (χ3v) is 4.12. The maximum Gasteiger partial charge on any atom is 0.303 e. The van der Waals surface area contributed by atoms with E-state index in [-0.39, 0.29) is 18.2 Å². The van der Waals surface area contributed by atoms with Gasteiger partial charge in [0.1, 0.15) is 0 Å². The number of carbonyl (C=O) groups excluding carboxylic acids is 1. The molecule has 1 aromatic rings. The second kappa shape index (κ2) is 4.37. The van der Waals surface area contributed by atoms with Gasteiger partial charge in [-0.2, -0.15) is 0 Å². The first-order valence-corrected chi connectivity index (χ1v) is 6.74. The van der Waals surface area contributed by atoms with Crippen molar-refractivity contribution in [1.29, 1.82) is 0 Å². The van der Waals surface area contributed by atoms with Gasteiger partial charge >= 0.3 is 5.97 Å². The zero-order valence-corrected chi connectivity index (χ0v) is 11.0. The van der Waals surface area contributed by atoms with Crippen LogP contribution < -0.4 is 4.90 Å². The molecule has 1 N–H and O–H groups in total. The molecule has 4 heteroatoms. The van der Waals surface area contributed by atoms with Gasteiger partial charge in [0.2, 0.25) is 5.91 Å². The molecule has 0 saturated carbocycles. The quantitative estimate of drug-likeness (QED) is 0.904. The van der Waals surface area contributed by atoms with E-state index in [0.29, 0.717) is 6.42 Å². The molecule has 100 valence electrons. The fraction of sp³-hybridized carbons (Fsp3) is 0.467. The van der Waals surface area contributed by atoms with Crippen molar-refractivity contribution >= 4 is 17.6 Å². The Labute approximate surface area is 112 Å². The Bertz CT molecular complexity index is 565. The highest BCUT2D eigenvalue weighted by molar-refractivity contribution is 5.98. The first-order valence-electron chi connectivity index (χ1n) is 6.74. The van der Waals surface area contributed by atoms with Gasteiger partial charge in [0.05, 0.1) is 12.1 Å². The van der Waals surface area contributed by atoms with E-state index in [4.69, 9.17) is 5.11 Å². The SMILES string of the molecule is CC(CC(=O)O)c1cc2c3c(c1)CCN3C(=O)CC2. The van der Waals surface area contributed by atoms with Crippen LogP contribution >= 0.6 is 0 Å². The number of nitrogens with zero attached hydrogens (tertiary/aromatic N) is 1. The number of carboxylic acids is 1. The topological polar surface area (TPSA) is 57.6 Å². The number of hydrogen-bond donors (Lipinski definition) is 1. The van der Waals surface area contributed by atoms with Crippen LogP contribution in [-0.4, -0.2) is 23.5 Å². The van der Waals surface area contributed by atoms with Crippen LogP contribution in [0.4, 0.5) is 5.69 Å². The van der Waals surface area contributed by atoms with E-state index >= 15 is 0 Å². The van der Waals surface area contributed by atoms with E-state index in [1.54, 1.807) is 0 Å². The molecule has 4 nitrogen and oxygen atoms in total. The average molecular weight is 259 g/mol. The van der Waals surface area contributed by atoms with Crippen molar-refractivity contribution in [2.24, 2.45) is 0 Å². The van der Waals surface area contributed by atoms with E-state index in [2.05, 4.69) is 12.1 Å². The number of amides is 1. The van der Waals surface area contributed by atoms with E-state index < -0.39 is 5.97 Å². The summed E-state index contributed by atoms with van der Waals surface area (Å²) in [5, 5.41) is 8.90. The Balaban J connectivity index is 1.99. The van der Waals surface area contributed by atoms with E-state index in [1.807, 2.05) is 11.8 Å². The van der Waals surface area contributed by atoms with Gasteiger partial charge in [0.25, 0.3) is 0 Å². The average Bonchev–Trinajstić information content (AvgIpc) is 2.78. The Kier molecular flexibility index (Phi) is 2.81. The zero-order chi connectivity index (χ0) is 13.6. The van der Waals surface area contributed by atoms with Crippen LogP contribution in [0.3, 0.4) is 0 Å². The third-order valence-electron chi connectivity index (χ3n) is 4.12. The Morgan fingerprint density at radius 1 is 1.32 bits per heavy atom. The molecule has 3 rings (SSSR count). The van der Waals surface area contributed by atoms with Crippen LogP contribution in [0, 0.1) is 0 Å². The molecule has 1 amide bonds. The molecular formula is C15H17NO3. The summed E-state index contributed by atoms with van der Waals surface area (Å²) in [4.78, 5) is 24.5. The fourth-order valence-corrected chi connectivity index (χ4v) is 3.15. The molecule has 0 radical (unpaired) electrons. The highest BCUT2D eigenvalue weighted by Gasteiger charge is 2.31. The molecule has 0 fully saturated rings. The number of carbonyl (C=O) groups is 2. The number of aliphatic carboxylic acids is 1. The lowest BCUT2D eigenvalue weighted by Crippen LogP contribution is -2.32. The molecular weight excluding hydrogens is 242 g/mol. The Hall–Kier alpha value is -1.84. The highest BCUT2D eigenvalue weighted by atomic mass is 16.4. The van der Waals surface area contributed by atoms with E-state index in [0.717, 1.165) is 30.6 Å². The van der Waals surface area contributed by atoms with Gasteiger partial charge in [-0.25, -0.2) is 0 Å². The Morgan fingerprint density at radius 2 is 2.00 bits per heavy atom. The van der Waals surface area contributed by atoms with Crippen molar-refractivity contribution in [3.8, 4) is 0 Å². The lowest BCUT2D eigenvalue weighted by molar-refractivity contribution is -0.137. The number of carboxylic acid groups (broad SMARTS) is 1. The summed E-state index contributed by atoms with van der Waals surface area (Å²) in [6, 6.07) is 4.18. The van der Waals surface area contributed by atoms with Crippen LogP contribution in [0.5, 0.6) is 0 Å². The van der Waals surface area contributed by atoms with Crippen molar-refractivity contribution in [2.75, 3.05) is 11.4 Å². The maximum absolute atomic E-state index is 11.8. The maximum atomic E-state index is 11.8. The monoisotopic (exact) mass is 259 g/mol. The van der Waals surface area contributed by atoms with Crippen molar-refractivity contribution in [3.63, 3.8) is 0 Å². The minimum absolute atomic E-state index is 0.0192. The summed E-state index contributed by atoms with van der Waals surface area (Å²) in [5.41, 5.74) is 4.61. The molecule has 19 heavy (non-hydrogen) atoms. The van der Waals surface area contributed by atoms with Crippen LogP contribution in [0.15, 0.2) is 12.1 Å². The van der Waals surface area contributed by atoms with Gasteiger partial charge in [-0.1, -0.05) is 19.1 Å². The normalized spacial score (nSPS) is 18.4. The summed E-state index contributed by atoms with van der Waals surface area (Å²) in [6.45, 7) is 2.72. The third kappa shape index (κ3) is 2.01. The van der Waals surface area contributed by atoms with E-state index in [1.165, 1.54) is 11.1 Å². The number of rotatable bonds is 3. The molecule has 0 spiro atoms. The van der Waals surface area contributed by atoms with Gasteiger partial charge in [0.15, 0.2) is 0 Å². The predicted octanol–water partition coefficient (Wildman–Crippen LogP) is 2.10.